The number of aryl methyl sites for hydroxylation is 1. The first-order valence-electron chi connectivity index (χ1n) is 7.75. The summed E-state index contributed by atoms with van der Waals surface area (Å²) in [4.78, 5) is 14.1. The minimum Gasteiger partial charge on any atom is -0.295 e. The van der Waals surface area contributed by atoms with E-state index >= 15 is 0 Å². The molecule has 23 heavy (non-hydrogen) atoms. The fourth-order valence-corrected chi connectivity index (χ4v) is 3.05. The standard InChI is InChI=1S/C16H18N6O/c1-12-5-6-16(23)22(19-12)10-13-8-20(9-13)11-15-18-17-14-4-2-3-7-21(14)15/h2-7,13H,8-11H2,1H3. The van der Waals surface area contributed by atoms with E-state index in [9.17, 15) is 4.79 Å². The lowest BCUT2D eigenvalue weighted by Gasteiger charge is -2.38. The SMILES string of the molecule is Cc1ccc(=O)n(CC2CN(Cc3nnc4ccccn34)C2)n1. The van der Waals surface area contributed by atoms with Crippen LogP contribution in [0.4, 0.5) is 0 Å². The van der Waals surface area contributed by atoms with Crippen LogP contribution in [0.3, 0.4) is 0 Å². The van der Waals surface area contributed by atoms with E-state index in [0.29, 0.717) is 12.5 Å². The van der Waals surface area contributed by atoms with Crippen molar-refractivity contribution in [2.45, 2.75) is 20.0 Å². The summed E-state index contributed by atoms with van der Waals surface area (Å²) in [5, 5.41) is 12.7. The zero-order chi connectivity index (χ0) is 15.8. The molecule has 1 aliphatic heterocycles. The van der Waals surface area contributed by atoms with Gasteiger partial charge in [-0.2, -0.15) is 5.10 Å². The summed E-state index contributed by atoms with van der Waals surface area (Å²) in [6.07, 6.45) is 1.98. The van der Waals surface area contributed by atoms with Crippen molar-refractivity contribution < 1.29 is 0 Å². The molecule has 4 heterocycles. The molecule has 118 valence electrons. The molecule has 0 radical (unpaired) electrons. The lowest BCUT2D eigenvalue weighted by molar-refractivity contribution is 0.0736. The summed E-state index contributed by atoms with van der Waals surface area (Å²) in [6.45, 7) is 5.25. The number of rotatable bonds is 4. The Labute approximate surface area is 133 Å². The molecule has 0 aliphatic carbocycles. The fraction of sp³-hybridized carbons (Fsp3) is 0.375. The average Bonchev–Trinajstić information content (AvgIpc) is 2.92. The van der Waals surface area contributed by atoms with Gasteiger partial charge >= 0.3 is 0 Å². The van der Waals surface area contributed by atoms with Crippen molar-refractivity contribution in [1.82, 2.24) is 29.3 Å². The predicted octanol–water partition coefficient (Wildman–Crippen LogP) is 0.726. The molecule has 0 N–H and O–H groups in total. The van der Waals surface area contributed by atoms with Crippen LogP contribution in [-0.4, -0.2) is 42.4 Å². The first-order valence-corrected chi connectivity index (χ1v) is 7.75. The van der Waals surface area contributed by atoms with Gasteiger partial charge in [0.1, 0.15) is 0 Å². The first-order chi connectivity index (χ1) is 11.2. The van der Waals surface area contributed by atoms with E-state index in [-0.39, 0.29) is 5.56 Å². The molecule has 1 aliphatic rings. The van der Waals surface area contributed by atoms with Crippen LogP contribution >= 0.6 is 0 Å². The molecule has 0 spiro atoms. The van der Waals surface area contributed by atoms with E-state index in [4.69, 9.17) is 0 Å². The van der Waals surface area contributed by atoms with Gasteiger partial charge in [0.25, 0.3) is 5.56 Å². The number of nitrogens with zero attached hydrogens (tertiary/aromatic N) is 6. The Morgan fingerprint density at radius 1 is 1.17 bits per heavy atom. The topological polar surface area (TPSA) is 68.3 Å². The highest BCUT2D eigenvalue weighted by Gasteiger charge is 2.28. The second kappa shape index (κ2) is 5.58. The summed E-state index contributed by atoms with van der Waals surface area (Å²) in [5.41, 5.74) is 1.71. The Morgan fingerprint density at radius 2 is 2.04 bits per heavy atom. The van der Waals surface area contributed by atoms with Crippen molar-refractivity contribution in [3.05, 3.63) is 58.4 Å². The van der Waals surface area contributed by atoms with Gasteiger partial charge in [0.05, 0.1) is 18.8 Å². The fourth-order valence-electron chi connectivity index (χ4n) is 3.05. The number of hydrogen-bond donors (Lipinski definition) is 0. The second-order valence-corrected chi connectivity index (χ2v) is 6.10. The van der Waals surface area contributed by atoms with Gasteiger partial charge in [0.15, 0.2) is 11.5 Å². The lowest BCUT2D eigenvalue weighted by atomic mass is 10.0. The van der Waals surface area contributed by atoms with E-state index in [1.165, 1.54) is 0 Å². The number of pyridine rings is 1. The zero-order valence-electron chi connectivity index (χ0n) is 13.0. The Kier molecular flexibility index (Phi) is 3.42. The maximum atomic E-state index is 11.8. The van der Waals surface area contributed by atoms with Gasteiger partial charge < -0.3 is 0 Å². The van der Waals surface area contributed by atoms with Crippen LogP contribution in [0.2, 0.25) is 0 Å². The Balaban J connectivity index is 1.38. The molecule has 0 amide bonds. The normalized spacial score (nSPS) is 15.9. The Morgan fingerprint density at radius 3 is 2.91 bits per heavy atom. The van der Waals surface area contributed by atoms with Gasteiger partial charge in [0.2, 0.25) is 0 Å². The van der Waals surface area contributed by atoms with E-state index in [0.717, 1.165) is 36.8 Å². The molecule has 1 saturated heterocycles. The van der Waals surface area contributed by atoms with E-state index < -0.39 is 0 Å². The van der Waals surface area contributed by atoms with Gasteiger partial charge in [0, 0.05) is 31.3 Å². The summed E-state index contributed by atoms with van der Waals surface area (Å²) in [5.74, 6) is 1.41. The third-order valence-electron chi connectivity index (χ3n) is 4.21. The quantitative estimate of drug-likeness (QED) is 0.710. The predicted molar refractivity (Wildman–Crippen MR) is 85.0 cm³/mol. The van der Waals surface area contributed by atoms with Crippen LogP contribution < -0.4 is 5.56 Å². The number of hydrogen-bond acceptors (Lipinski definition) is 5. The van der Waals surface area contributed by atoms with Gasteiger partial charge in [-0.1, -0.05) is 6.07 Å². The molecule has 1 fully saturated rings. The van der Waals surface area contributed by atoms with Gasteiger partial charge in [-0.3, -0.25) is 14.1 Å². The Hall–Kier alpha value is -2.54. The third kappa shape index (κ3) is 2.75. The Bertz CT molecular complexity index is 893. The van der Waals surface area contributed by atoms with E-state index in [1.807, 2.05) is 35.7 Å². The minimum absolute atomic E-state index is 0.0301. The maximum absolute atomic E-state index is 11.8. The number of aromatic nitrogens is 5. The lowest BCUT2D eigenvalue weighted by Crippen LogP contribution is -2.49. The van der Waals surface area contributed by atoms with Crippen LogP contribution in [0.1, 0.15) is 11.5 Å². The molecule has 0 unspecified atom stereocenters. The molecule has 3 aromatic heterocycles. The minimum atomic E-state index is -0.0301. The van der Waals surface area contributed by atoms with Crippen molar-refractivity contribution in [3.63, 3.8) is 0 Å². The molecular formula is C16H18N6O. The highest BCUT2D eigenvalue weighted by atomic mass is 16.1. The molecule has 0 aromatic carbocycles. The smallest absolute Gasteiger partial charge is 0.266 e. The second-order valence-electron chi connectivity index (χ2n) is 6.10. The van der Waals surface area contributed by atoms with E-state index in [1.54, 1.807) is 16.8 Å². The van der Waals surface area contributed by atoms with Crippen LogP contribution in [-0.2, 0) is 13.1 Å². The van der Waals surface area contributed by atoms with Crippen molar-refractivity contribution in [3.8, 4) is 0 Å². The van der Waals surface area contributed by atoms with Crippen molar-refractivity contribution >= 4 is 5.65 Å². The molecule has 0 atom stereocenters. The monoisotopic (exact) mass is 310 g/mol. The summed E-state index contributed by atoms with van der Waals surface area (Å²) >= 11 is 0. The summed E-state index contributed by atoms with van der Waals surface area (Å²) in [7, 11) is 0. The highest BCUT2D eigenvalue weighted by molar-refractivity contribution is 5.36. The molecule has 4 rings (SSSR count). The summed E-state index contributed by atoms with van der Waals surface area (Å²) in [6, 6.07) is 9.23. The number of fused-ring (bicyclic) bond motifs is 1. The molecule has 7 heteroatoms. The van der Waals surface area contributed by atoms with Crippen LogP contribution in [0.25, 0.3) is 5.65 Å². The molecular weight excluding hydrogens is 292 g/mol. The van der Waals surface area contributed by atoms with Crippen molar-refractivity contribution in [2.75, 3.05) is 13.1 Å². The maximum Gasteiger partial charge on any atom is 0.266 e. The molecule has 0 bridgehead atoms. The highest BCUT2D eigenvalue weighted by Crippen LogP contribution is 2.19. The molecule has 3 aromatic rings. The molecule has 0 saturated carbocycles. The van der Waals surface area contributed by atoms with Gasteiger partial charge in [-0.25, -0.2) is 4.68 Å². The summed E-state index contributed by atoms with van der Waals surface area (Å²) < 4.78 is 3.59. The van der Waals surface area contributed by atoms with E-state index in [2.05, 4.69) is 20.2 Å². The third-order valence-corrected chi connectivity index (χ3v) is 4.21. The van der Waals surface area contributed by atoms with Crippen LogP contribution in [0.5, 0.6) is 0 Å². The largest absolute Gasteiger partial charge is 0.295 e. The van der Waals surface area contributed by atoms with Crippen molar-refractivity contribution in [2.24, 2.45) is 5.92 Å². The first kappa shape index (κ1) is 14.1. The number of likely N-dealkylation sites (tertiary alicyclic amines) is 1. The van der Waals surface area contributed by atoms with Gasteiger partial charge in [-0.15, -0.1) is 10.2 Å². The molecule has 7 nitrogen and oxygen atoms in total. The zero-order valence-corrected chi connectivity index (χ0v) is 13.0. The van der Waals surface area contributed by atoms with Crippen LogP contribution in [0.15, 0.2) is 41.3 Å². The van der Waals surface area contributed by atoms with Gasteiger partial charge in [-0.05, 0) is 25.1 Å². The van der Waals surface area contributed by atoms with Crippen LogP contribution in [0, 0.1) is 12.8 Å². The van der Waals surface area contributed by atoms with Crippen molar-refractivity contribution in [1.29, 1.82) is 0 Å². The average molecular weight is 310 g/mol.